The van der Waals surface area contributed by atoms with Crippen LogP contribution < -0.4 is 4.90 Å². The Labute approximate surface area is 150 Å². The first-order chi connectivity index (χ1) is 12.7. The first kappa shape index (κ1) is 15.8. The van der Waals surface area contributed by atoms with Gasteiger partial charge in [0, 0.05) is 31.7 Å². The maximum absolute atomic E-state index is 13.5. The van der Waals surface area contributed by atoms with Gasteiger partial charge in [-0.2, -0.15) is 4.98 Å². The predicted molar refractivity (Wildman–Crippen MR) is 94.9 cm³/mol. The number of aromatic nitrogens is 1. The molecule has 5 rings (SSSR count). The lowest BCUT2D eigenvalue weighted by atomic mass is 10.0. The van der Waals surface area contributed by atoms with Crippen molar-refractivity contribution in [1.29, 1.82) is 0 Å². The Balaban J connectivity index is 1.34. The van der Waals surface area contributed by atoms with Crippen molar-refractivity contribution < 1.29 is 13.2 Å². The molecular formula is C20H19F2N3O. The van der Waals surface area contributed by atoms with E-state index in [9.17, 15) is 8.78 Å². The quantitative estimate of drug-likeness (QED) is 0.715. The summed E-state index contributed by atoms with van der Waals surface area (Å²) in [5, 5.41) is 0. The van der Waals surface area contributed by atoms with Crippen molar-refractivity contribution in [2.75, 3.05) is 24.5 Å². The van der Waals surface area contributed by atoms with Gasteiger partial charge in [0.25, 0.3) is 6.01 Å². The van der Waals surface area contributed by atoms with Crippen molar-refractivity contribution in [3.63, 3.8) is 0 Å². The minimum Gasteiger partial charge on any atom is -0.423 e. The molecular weight excluding hydrogens is 336 g/mol. The van der Waals surface area contributed by atoms with Crippen molar-refractivity contribution in [3.05, 3.63) is 59.7 Å². The largest absolute Gasteiger partial charge is 0.423 e. The topological polar surface area (TPSA) is 32.5 Å². The molecule has 2 aliphatic heterocycles. The Morgan fingerprint density at radius 1 is 1.08 bits per heavy atom. The predicted octanol–water partition coefficient (Wildman–Crippen LogP) is 3.82. The standard InChI is InChI=1S/C20H19F2N3O/c21-15-7-13(8-16(22)9-15)10-24-6-5-14-11-25(12-18(14)24)20-23-17-3-1-2-4-19(17)26-20/h1-4,7-9,14,18H,5-6,10-12H2/t14-,18+/m1/s1. The molecule has 3 heterocycles. The van der Waals surface area contributed by atoms with E-state index in [1.807, 2.05) is 24.3 Å². The summed E-state index contributed by atoms with van der Waals surface area (Å²) >= 11 is 0. The summed E-state index contributed by atoms with van der Waals surface area (Å²) in [6, 6.07) is 12.5. The van der Waals surface area contributed by atoms with Crippen LogP contribution in [0.2, 0.25) is 0 Å². The summed E-state index contributed by atoms with van der Waals surface area (Å²) in [5.41, 5.74) is 2.35. The summed E-state index contributed by atoms with van der Waals surface area (Å²) in [6.07, 6.45) is 1.08. The monoisotopic (exact) mass is 355 g/mol. The van der Waals surface area contributed by atoms with E-state index in [-0.39, 0.29) is 0 Å². The van der Waals surface area contributed by atoms with Gasteiger partial charge in [0.1, 0.15) is 17.2 Å². The third-order valence-electron chi connectivity index (χ3n) is 5.52. The molecule has 26 heavy (non-hydrogen) atoms. The molecule has 2 aliphatic rings. The number of oxazole rings is 1. The van der Waals surface area contributed by atoms with E-state index in [1.165, 1.54) is 12.1 Å². The van der Waals surface area contributed by atoms with E-state index in [2.05, 4.69) is 14.8 Å². The molecule has 0 N–H and O–H groups in total. The fourth-order valence-corrected chi connectivity index (χ4v) is 4.33. The highest BCUT2D eigenvalue weighted by atomic mass is 19.1. The van der Waals surface area contributed by atoms with Gasteiger partial charge in [0.05, 0.1) is 0 Å². The van der Waals surface area contributed by atoms with Crippen molar-refractivity contribution >= 4 is 17.1 Å². The first-order valence-electron chi connectivity index (χ1n) is 8.95. The second-order valence-electron chi connectivity index (χ2n) is 7.23. The second kappa shape index (κ2) is 6.06. The van der Waals surface area contributed by atoms with Gasteiger partial charge in [-0.3, -0.25) is 4.90 Å². The summed E-state index contributed by atoms with van der Waals surface area (Å²) < 4.78 is 32.8. The highest BCUT2D eigenvalue weighted by Gasteiger charge is 2.42. The molecule has 0 spiro atoms. The number of halogens is 2. The van der Waals surface area contributed by atoms with Crippen LogP contribution in [-0.4, -0.2) is 35.6 Å². The molecule has 0 bridgehead atoms. The molecule has 2 saturated heterocycles. The van der Waals surface area contributed by atoms with Crippen LogP contribution in [0, 0.1) is 17.6 Å². The highest BCUT2D eigenvalue weighted by Crippen LogP contribution is 2.35. The van der Waals surface area contributed by atoms with Gasteiger partial charge >= 0.3 is 0 Å². The molecule has 3 aromatic rings. The number of nitrogens with zero attached hydrogens (tertiary/aromatic N) is 3. The van der Waals surface area contributed by atoms with Crippen LogP contribution in [0.15, 0.2) is 46.9 Å². The lowest BCUT2D eigenvalue weighted by Crippen LogP contribution is -2.34. The SMILES string of the molecule is Fc1cc(F)cc(CN2CC[C@@H]3CN(c4nc5ccccc5o4)C[C@@H]32)c1. The molecule has 0 radical (unpaired) electrons. The zero-order valence-corrected chi connectivity index (χ0v) is 14.2. The van der Waals surface area contributed by atoms with E-state index in [4.69, 9.17) is 4.42 Å². The van der Waals surface area contributed by atoms with Crippen LogP contribution in [0.4, 0.5) is 14.8 Å². The maximum Gasteiger partial charge on any atom is 0.298 e. The Kier molecular flexibility index (Phi) is 3.67. The van der Waals surface area contributed by atoms with Crippen molar-refractivity contribution in [3.8, 4) is 0 Å². The number of likely N-dealkylation sites (tertiary alicyclic amines) is 1. The lowest BCUT2D eigenvalue weighted by Gasteiger charge is -2.24. The molecule has 0 amide bonds. The van der Waals surface area contributed by atoms with Crippen LogP contribution in [0.25, 0.3) is 11.1 Å². The van der Waals surface area contributed by atoms with Crippen LogP contribution in [0.3, 0.4) is 0 Å². The smallest absolute Gasteiger partial charge is 0.298 e. The number of para-hydroxylation sites is 2. The average molecular weight is 355 g/mol. The summed E-state index contributed by atoms with van der Waals surface area (Å²) in [5.74, 6) is -0.506. The zero-order chi connectivity index (χ0) is 17.7. The van der Waals surface area contributed by atoms with Gasteiger partial charge in [-0.1, -0.05) is 12.1 Å². The minimum atomic E-state index is -0.518. The van der Waals surface area contributed by atoms with Gasteiger partial charge in [-0.15, -0.1) is 0 Å². The number of hydrogen-bond acceptors (Lipinski definition) is 4. The fourth-order valence-electron chi connectivity index (χ4n) is 4.33. The number of anilines is 1. The average Bonchev–Trinajstić information content (AvgIpc) is 3.28. The van der Waals surface area contributed by atoms with E-state index >= 15 is 0 Å². The molecule has 0 unspecified atom stereocenters. The number of fused-ring (bicyclic) bond motifs is 2. The Hall–Kier alpha value is -2.47. The Morgan fingerprint density at radius 2 is 1.88 bits per heavy atom. The van der Waals surface area contributed by atoms with Gasteiger partial charge in [0.2, 0.25) is 0 Å². The third kappa shape index (κ3) is 2.74. The van der Waals surface area contributed by atoms with E-state index < -0.39 is 11.6 Å². The Bertz CT molecular complexity index is 904. The molecule has 134 valence electrons. The summed E-state index contributed by atoms with van der Waals surface area (Å²) in [6.45, 7) is 3.26. The first-order valence-corrected chi connectivity index (χ1v) is 8.95. The summed E-state index contributed by atoms with van der Waals surface area (Å²) in [7, 11) is 0. The Morgan fingerprint density at radius 3 is 2.69 bits per heavy atom. The van der Waals surface area contributed by atoms with Crippen LogP contribution in [0.5, 0.6) is 0 Å². The molecule has 2 aromatic carbocycles. The fraction of sp³-hybridized carbons (Fsp3) is 0.350. The number of benzene rings is 2. The molecule has 0 aliphatic carbocycles. The molecule has 2 atom stereocenters. The molecule has 1 aromatic heterocycles. The number of hydrogen-bond donors (Lipinski definition) is 0. The zero-order valence-electron chi connectivity index (χ0n) is 14.2. The van der Waals surface area contributed by atoms with Gasteiger partial charge in [0.15, 0.2) is 5.58 Å². The lowest BCUT2D eigenvalue weighted by molar-refractivity contribution is 0.244. The normalized spacial score (nSPS) is 23.1. The van der Waals surface area contributed by atoms with Crippen molar-refractivity contribution in [1.82, 2.24) is 9.88 Å². The highest BCUT2D eigenvalue weighted by molar-refractivity contribution is 5.74. The van der Waals surface area contributed by atoms with Gasteiger partial charge in [-0.25, -0.2) is 8.78 Å². The van der Waals surface area contributed by atoms with Crippen molar-refractivity contribution in [2.24, 2.45) is 5.92 Å². The van der Waals surface area contributed by atoms with E-state index in [0.29, 0.717) is 30.1 Å². The maximum atomic E-state index is 13.5. The minimum absolute atomic E-state index is 0.358. The molecule has 4 nitrogen and oxygen atoms in total. The second-order valence-corrected chi connectivity index (χ2v) is 7.23. The van der Waals surface area contributed by atoms with Crippen molar-refractivity contribution in [2.45, 2.75) is 19.0 Å². The third-order valence-corrected chi connectivity index (χ3v) is 5.52. The van der Waals surface area contributed by atoms with Gasteiger partial charge in [-0.05, 0) is 48.7 Å². The van der Waals surface area contributed by atoms with Crippen LogP contribution in [-0.2, 0) is 6.54 Å². The molecule has 2 fully saturated rings. The number of rotatable bonds is 3. The van der Waals surface area contributed by atoms with E-state index in [0.717, 1.165) is 43.2 Å². The van der Waals surface area contributed by atoms with E-state index in [1.54, 1.807) is 0 Å². The molecule has 6 heteroatoms. The molecule has 0 saturated carbocycles. The van der Waals surface area contributed by atoms with Gasteiger partial charge < -0.3 is 9.32 Å². The van der Waals surface area contributed by atoms with Crippen LogP contribution in [0.1, 0.15) is 12.0 Å². The van der Waals surface area contributed by atoms with Crippen LogP contribution >= 0.6 is 0 Å². The summed E-state index contributed by atoms with van der Waals surface area (Å²) in [4.78, 5) is 9.10.